The molecule has 1 spiro atoms. The van der Waals surface area contributed by atoms with E-state index in [9.17, 15) is 9.90 Å². The van der Waals surface area contributed by atoms with E-state index in [4.69, 9.17) is 21.1 Å². The van der Waals surface area contributed by atoms with Crippen molar-refractivity contribution in [2.75, 3.05) is 19.8 Å². The minimum absolute atomic E-state index is 0.105. The lowest BCUT2D eigenvalue weighted by atomic mass is 9.81. The first-order valence-corrected chi connectivity index (χ1v) is 9.86. The van der Waals surface area contributed by atoms with Crippen LogP contribution in [0.1, 0.15) is 32.6 Å². The second-order valence-electron chi connectivity index (χ2n) is 6.74. The summed E-state index contributed by atoms with van der Waals surface area (Å²) in [7, 11) is 0. The van der Waals surface area contributed by atoms with Crippen LogP contribution in [0.5, 0.6) is 0 Å². The molecule has 2 aliphatic rings. The fourth-order valence-corrected chi connectivity index (χ4v) is 4.42. The van der Waals surface area contributed by atoms with Crippen LogP contribution in [0, 0.1) is 0 Å². The molecule has 0 radical (unpaired) electrons. The predicted molar refractivity (Wildman–Crippen MR) is 97.8 cm³/mol. The Hall–Kier alpha value is -0.790. The van der Waals surface area contributed by atoms with Crippen molar-refractivity contribution in [2.45, 2.75) is 54.1 Å². The maximum absolute atomic E-state index is 12.4. The molecule has 2 fully saturated rings. The lowest BCUT2D eigenvalue weighted by Gasteiger charge is -2.40. The van der Waals surface area contributed by atoms with E-state index < -0.39 is 11.4 Å². The molecule has 7 heteroatoms. The van der Waals surface area contributed by atoms with Gasteiger partial charge in [-0.2, -0.15) is 0 Å². The van der Waals surface area contributed by atoms with Crippen LogP contribution in [0.4, 0.5) is 0 Å². The van der Waals surface area contributed by atoms with Crippen LogP contribution in [-0.4, -0.2) is 47.4 Å². The lowest BCUT2D eigenvalue weighted by molar-refractivity contribution is -0.201. The Bertz CT molecular complexity index is 611. The molecule has 0 bridgehead atoms. The zero-order chi connectivity index (χ0) is 17.9. The van der Waals surface area contributed by atoms with Gasteiger partial charge in [-0.25, -0.2) is 0 Å². The molecule has 0 aromatic heterocycles. The summed E-state index contributed by atoms with van der Waals surface area (Å²) >= 11 is 7.55. The zero-order valence-corrected chi connectivity index (χ0v) is 15.9. The van der Waals surface area contributed by atoms with Gasteiger partial charge in [0.2, 0.25) is 5.91 Å². The smallest absolute Gasteiger partial charge is 0.233 e. The van der Waals surface area contributed by atoms with E-state index in [0.717, 1.165) is 4.90 Å². The highest BCUT2D eigenvalue weighted by molar-refractivity contribution is 8.00. The molecule has 1 aromatic rings. The molecule has 1 atom stereocenters. The van der Waals surface area contributed by atoms with Crippen molar-refractivity contribution < 1.29 is 19.4 Å². The van der Waals surface area contributed by atoms with Gasteiger partial charge >= 0.3 is 0 Å². The van der Waals surface area contributed by atoms with Crippen molar-refractivity contribution in [2.24, 2.45) is 0 Å². The van der Waals surface area contributed by atoms with Gasteiger partial charge in [0.25, 0.3) is 0 Å². The zero-order valence-electron chi connectivity index (χ0n) is 14.3. The van der Waals surface area contributed by atoms with Crippen LogP contribution in [0.25, 0.3) is 0 Å². The number of hydrogen-bond acceptors (Lipinski definition) is 5. The fraction of sp³-hybridized carbons (Fsp3) is 0.611. The van der Waals surface area contributed by atoms with Gasteiger partial charge in [-0.05, 0) is 31.9 Å². The molecule has 1 aromatic carbocycles. The highest BCUT2D eigenvalue weighted by atomic mass is 35.5. The number of carbonyl (C=O) groups is 1. The standard InChI is InChI=1S/C18H24ClNO4S/c1-13(25-15-5-3-2-4-14(15)19)16(21)20-12-17(22)6-8-18(9-7-17)23-10-11-24-18/h2-5,13,22H,6-12H2,1H3,(H,20,21)/t13-/m1/s1. The van der Waals surface area contributed by atoms with E-state index in [2.05, 4.69) is 5.32 Å². The monoisotopic (exact) mass is 385 g/mol. The molecular weight excluding hydrogens is 362 g/mol. The van der Waals surface area contributed by atoms with Crippen LogP contribution in [-0.2, 0) is 14.3 Å². The first-order chi connectivity index (χ1) is 11.9. The molecule has 25 heavy (non-hydrogen) atoms. The van der Waals surface area contributed by atoms with E-state index in [1.807, 2.05) is 31.2 Å². The molecule has 1 heterocycles. The topological polar surface area (TPSA) is 67.8 Å². The predicted octanol–water partition coefficient (Wildman–Crippen LogP) is 2.99. The lowest BCUT2D eigenvalue weighted by Crippen LogP contribution is -2.50. The molecule has 1 aliphatic heterocycles. The van der Waals surface area contributed by atoms with E-state index >= 15 is 0 Å². The number of carbonyl (C=O) groups excluding carboxylic acids is 1. The second kappa shape index (κ2) is 7.84. The number of thioether (sulfide) groups is 1. The minimum Gasteiger partial charge on any atom is -0.388 e. The number of aliphatic hydroxyl groups is 1. The molecule has 2 N–H and O–H groups in total. The van der Waals surface area contributed by atoms with Gasteiger partial charge in [-0.1, -0.05) is 23.7 Å². The number of amides is 1. The number of rotatable bonds is 5. The molecule has 5 nitrogen and oxygen atoms in total. The van der Waals surface area contributed by atoms with Crippen molar-refractivity contribution in [1.29, 1.82) is 0 Å². The summed E-state index contributed by atoms with van der Waals surface area (Å²) in [5.74, 6) is -0.615. The molecule has 0 unspecified atom stereocenters. The number of ether oxygens (including phenoxy) is 2. The van der Waals surface area contributed by atoms with E-state index in [1.165, 1.54) is 11.8 Å². The first kappa shape index (κ1) is 19.0. The minimum atomic E-state index is -0.898. The van der Waals surface area contributed by atoms with Gasteiger partial charge in [-0.15, -0.1) is 11.8 Å². The maximum Gasteiger partial charge on any atom is 0.233 e. The third-order valence-corrected chi connectivity index (χ3v) is 6.48. The second-order valence-corrected chi connectivity index (χ2v) is 8.53. The first-order valence-electron chi connectivity index (χ1n) is 8.61. The van der Waals surface area contributed by atoms with E-state index in [-0.39, 0.29) is 17.7 Å². The van der Waals surface area contributed by atoms with Gasteiger partial charge in [0, 0.05) is 24.3 Å². The van der Waals surface area contributed by atoms with Crippen molar-refractivity contribution in [3.8, 4) is 0 Å². The Morgan fingerprint density at radius 2 is 1.92 bits per heavy atom. The van der Waals surface area contributed by atoms with Crippen LogP contribution >= 0.6 is 23.4 Å². The molecule has 3 rings (SSSR count). The third-order valence-electron chi connectivity index (χ3n) is 4.86. The third kappa shape index (κ3) is 4.68. The van der Waals surface area contributed by atoms with Crippen molar-refractivity contribution in [3.63, 3.8) is 0 Å². The summed E-state index contributed by atoms with van der Waals surface area (Å²) in [6.07, 6.45) is 2.42. The van der Waals surface area contributed by atoms with Crippen LogP contribution in [0.15, 0.2) is 29.2 Å². The Balaban J connectivity index is 1.47. The largest absolute Gasteiger partial charge is 0.388 e. The fourth-order valence-electron chi connectivity index (χ4n) is 3.24. The quantitative estimate of drug-likeness (QED) is 0.762. The Morgan fingerprint density at radius 1 is 1.28 bits per heavy atom. The van der Waals surface area contributed by atoms with Gasteiger partial charge in [-0.3, -0.25) is 4.79 Å². The molecule has 1 saturated heterocycles. The van der Waals surface area contributed by atoms with Crippen molar-refractivity contribution in [1.82, 2.24) is 5.32 Å². The van der Waals surface area contributed by atoms with Gasteiger partial charge in [0.05, 0.1) is 29.1 Å². The summed E-state index contributed by atoms with van der Waals surface area (Å²) in [6.45, 7) is 3.32. The van der Waals surface area contributed by atoms with Crippen LogP contribution in [0.2, 0.25) is 5.02 Å². The SMILES string of the molecule is C[C@@H](Sc1ccccc1Cl)C(=O)NCC1(O)CCC2(CC1)OCCO2. The van der Waals surface area contributed by atoms with Gasteiger partial charge < -0.3 is 19.9 Å². The Morgan fingerprint density at radius 3 is 2.56 bits per heavy atom. The summed E-state index contributed by atoms with van der Waals surface area (Å²) in [4.78, 5) is 13.2. The van der Waals surface area contributed by atoms with Gasteiger partial charge in [0.1, 0.15) is 0 Å². The van der Waals surface area contributed by atoms with Crippen molar-refractivity contribution in [3.05, 3.63) is 29.3 Å². The maximum atomic E-state index is 12.4. The summed E-state index contributed by atoms with van der Waals surface area (Å²) in [5.41, 5.74) is -0.898. The summed E-state index contributed by atoms with van der Waals surface area (Å²) < 4.78 is 11.4. The molecule has 1 amide bonds. The highest BCUT2D eigenvalue weighted by Crippen LogP contribution is 2.40. The van der Waals surface area contributed by atoms with Crippen LogP contribution < -0.4 is 5.32 Å². The number of benzene rings is 1. The average Bonchev–Trinajstić information content (AvgIpc) is 3.07. The summed E-state index contributed by atoms with van der Waals surface area (Å²) in [6, 6.07) is 7.46. The Labute approximate surface area is 157 Å². The Kier molecular flexibility index (Phi) is 5.96. The molecule has 1 aliphatic carbocycles. The normalized spacial score (nSPS) is 22.7. The van der Waals surface area contributed by atoms with E-state index in [0.29, 0.717) is 43.9 Å². The number of hydrogen-bond donors (Lipinski definition) is 2. The number of nitrogens with one attached hydrogen (secondary N) is 1. The van der Waals surface area contributed by atoms with E-state index in [1.54, 1.807) is 0 Å². The molecule has 138 valence electrons. The van der Waals surface area contributed by atoms with Gasteiger partial charge in [0.15, 0.2) is 5.79 Å². The van der Waals surface area contributed by atoms with Crippen LogP contribution in [0.3, 0.4) is 0 Å². The molecular formula is C18H24ClNO4S. The molecule has 1 saturated carbocycles. The number of halogens is 1. The average molecular weight is 386 g/mol. The highest BCUT2D eigenvalue weighted by Gasteiger charge is 2.45. The van der Waals surface area contributed by atoms with Crippen molar-refractivity contribution >= 4 is 29.3 Å². The summed E-state index contributed by atoms with van der Waals surface area (Å²) in [5, 5.41) is 13.9.